The molecule has 68 heavy (non-hydrogen) atoms. The molecule has 3 aliphatic heterocycles. The third-order valence-electron chi connectivity index (χ3n) is 14.3. The second kappa shape index (κ2) is 19.5. The molecular weight excluding hydrogens is 877 g/mol. The molecule has 17 heteroatoms. The lowest BCUT2D eigenvalue weighted by atomic mass is 9.78. The third kappa shape index (κ3) is 9.04. The fourth-order valence-electron chi connectivity index (χ4n) is 9.74. The molecule has 5 N–H and O–H groups in total. The number of carbonyl (C=O) groups excluding carboxylic acids is 2. The summed E-state index contributed by atoms with van der Waals surface area (Å²) in [6.07, 6.45) is 4.58. The Hall–Kier alpha value is -6.01. The first-order valence-corrected chi connectivity index (χ1v) is 23.3. The van der Waals surface area contributed by atoms with E-state index in [2.05, 4.69) is 29.0 Å². The number of aliphatic hydroxyl groups excluding tert-OH is 3. The topological polar surface area (TPSA) is 231 Å². The summed E-state index contributed by atoms with van der Waals surface area (Å²) in [5.41, 5.74) is -1.35. The van der Waals surface area contributed by atoms with Gasteiger partial charge in [-0.1, -0.05) is 52.8 Å². The number of carbonyl (C=O) groups is 2. The van der Waals surface area contributed by atoms with Gasteiger partial charge in [-0.3, -0.25) is 24.1 Å². The Labute approximate surface area is 394 Å². The van der Waals surface area contributed by atoms with E-state index in [9.17, 15) is 39.6 Å². The summed E-state index contributed by atoms with van der Waals surface area (Å²) >= 11 is 0. The highest BCUT2D eigenvalue weighted by molar-refractivity contribution is 6.16. The van der Waals surface area contributed by atoms with Crippen molar-refractivity contribution in [2.45, 2.75) is 112 Å². The number of hydrogen-bond donors (Lipinski definition) is 5. The largest absolute Gasteiger partial charge is 0.507 e. The number of nitrogens with one attached hydrogen (secondary N) is 1. The molecule has 366 valence electrons. The minimum absolute atomic E-state index is 0.0388. The van der Waals surface area contributed by atoms with Crippen molar-refractivity contribution in [3.8, 4) is 11.5 Å². The minimum Gasteiger partial charge on any atom is -0.507 e. The van der Waals surface area contributed by atoms with Crippen LogP contribution in [0.5, 0.6) is 11.5 Å². The number of esters is 1. The van der Waals surface area contributed by atoms with Gasteiger partial charge in [0.15, 0.2) is 22.4 Å². The van der Waals surface area contributed by atoms with E-state index >= 15 is 0 Å². The number of aromatic hydroxyl groups is 1. The lowest BCUT2D eigenvalue weighted by Crippen LogP contribution is -2.49. The molecule has 1 aromatic heterocycles. The molecule has 4 aromatic rings. The Morgan fingerprint density at radius 1 is 0.971 bits per heavy atom. The van der Waals surface area contributed by atoms with E-state index in [0.717, 1.165) is 19.5 Å². The van der Waals surface area contributed by atoms with Crippen molar-refractivity contribution in [1.29, 1.82) is 0 Å². The van der Waals surface area contributed by atoms with Crippen molar-refractivity contribution >= 4 is 62.0 Å². The first-order valence-electron chi connectivity index (χ1n) is 23.3. The van der Waals surface area contributed by atoms with E-state index in [4.69, 9.17) is 28.3 Å². The predicted octanol–water partition coefficient (Wildman–Crippen LogP) is 5.48. The summed E-state index contributed by atoms with van der Waals surface area (Å²) in [6, 6.07) is 3.57. The molecule has 5 bridgehead atoms. The van der Waals surface area contributed by atoms with E-state index in [1.807, 2.05) is 0 Å². The Morgan fingerprint density at radius 2 is 1.66 bits per heavy atom. The molecule has 0 spiro atoms. The van der Waals surface area contributed by atoms with Crippen molar-refractivity contribution in [1.82, 2.24) is 9.88 Å². The number of phenolic OH excluding ortho intramolecular Hbond substituents is 1. The van der Waals surface area contributed by atoms with Gasteiger partial charge in [-0.15, -0.1) is 0 Å². The van der Waals surface area contributed by atoms with Crippen LogP contribution in [0.25, 0.3) is 38.7 Å². The highest BCUT2D eigenvalue weighted by Crippen LogP contribution is 2.42. The van der Waals surface area contributed by atoms with Gasteiger partial charge in [0.2, 0.25) is 10.9 Å². The fraction of sp³-hybridized carbons (Fsp3) is 0.510. The molecule has 3 aromatic carbocycles. The maximum absolute atomic E-state index is 14.9. The number of allylic oxidation sites excluding steroid dienone is 2. The SMILES string of the molecule is CCC(C)N1CCN(c2cc(=O)c3nc4c(oc3c2)c2c(=O)c3c(O)c(C)c5c(c34)=C(O)[C@@](C)(O/C=C/[C@H](OC)[C@@H](C)[C@@H](OC(C)=O)[C@H](C)[C@H](O)[C@H](C)[C@@H](O)[C@@H](C)/C=C/C=C(/C)C(=O)N2)O5)CC1. The molecule has 1 fully saturated rings. The second-order valence-corrected chi connectivity index (χ2v) is 18.8. The monoisotopic (exact) mass is 940 g/mol. The van der Waals surface area contributed by atoms with Gasteiger partial charge in [0.25, 0.3) is 5.91 Å². The third-order valence-corrected chi connectivity index (χ3v) is 14.3. The zero-order chi connectivity index (χ0) is 49.7. The lowest BCUT2D eigenvalue weighted by Gasteiger charge is -2.38. The summed E-state index contributed by atoms with van der Waals surface area (Å²) < 4.78 is 30.6. The molecular formula is C51H64N4O13. The number of aliphatic hydroxyl groups is 3. The standard InChI is InChI=1S/C51H64N4O13/c1-12-26(4)54-17-19-55(20-18-54)32-22-33(57)39-35(23-32)67-48-40(52-39)36-37-44(60)30(8)47-38(36)49(62)51(10,68-47)65-21-16-34(64-11)27(5)46(66-31(9)56)29(7)43(59)28(6)42(58)24(2)14-13-15-25(3)50(63)53-41(48)45(37)61/h13-16,21-24,26-29,34,42-43,46,58-60,62H,12,17-20H2,1-11H3,(H,53,63)/b14-13+,21-16+,25-15-/t24-,26?,27+,28+,29+,34-,42-,43+,46+,51-/m0/s1. The minimum atomic E-state index is -1.98. The Kier molecular flexibility index (Phi) is 14.3. The van der Waals surface area contributed by atoms with Crippen LogP contribution >= 0.6 is 0 Å². The maximum Gasteiger partial charge on any atom is 0.307 e. The average Bonchev–Trinajstić information content (AvgIpc) is 3.58. The molecule has 17 nitrogen and oxygen atoms in total. The van der Waals surface area contributed by atoms with E-state index in [-0.39, 0.29) is 60.8 Å². The Balaban J connectivity index is 1.46. The van der Waals surface area contributed by atoms with E-state index in [1.54, 1.807) is 45.9 Å². The van der Waals surface area contributed by atoms with E-state index in [1.165, 1.54) is 59.3 Å². The average molecular weight is 941 g/mol. The summed E-state index contributed by atoms with van der Waals surface area (Å²) in [7, 11) is 1.45. The van der Waals surface area contributed by atoms with Gasteiger partial charge in [0.05, 0.1) is 35.2 Å². The van der Waals surface area contributed by atoms with Gasteiger partial charge < -0.3 is 54.0 Å². The van der Waals surface area contributed by atoms with Crippen molar-refractivity contribution in [3.05, 3.63) is 79.5 Å². The molecule has 1 amide bonds. The zero-order valence-electron chi connectivity index (χ0n) is 40.6. The van der Waals surface area contributed by atoms with Crippen LogP contribution in [0.1, 0.15) is 74.3 Å². The number of phenols is 1. The molecule has 1 unspecified atom stereocenters. The Morgan fingerprint density at radius 3 is 2.31 bits per heavy atom. The molecule has 7 rings (SSSR count). The van der Waals surface area contributed by atoms with Crippen LogP contribution < -0.4 is 31.0 Å². The van der Waals surface area contributed by atoms with Crippen LogP contribution in [0, 0.1) is 30.6 Å². The fourth-order valence-corrected chi connectivity index (χ4v) is 9.74. The first kappa shape index (κ1) is 49.9. The molecule has 0 saturated carbocycles. The normalized spacial score (nSPS) is 29.9. The molecule has 0 aliphatic carbocycles. The van der Waals surface area contributed by atoms with Gasteiger partial charge in [-0.25, -0.2) is 4.98 Å². The predicted molar refractivity (Wildman–Crippen MR) is 259 cm³/mol. The van der Waals surface area contributed by atoms with Crippen LogP contribution in [0.3, 0.4) is 0 Å². The molecule has 3 aliphatic rings. The molecule has 10 atom stereocenters. The number of fused-ring (bicyclic) bond motifs is 5. The van der Waals surface area contributed by atoms with Gasteiger partial charge in [0, 0.05) is 111 Å². The van der Waals surface area contributed by atoms with Crippen molar-refractivity contribution in [2.24, 2.45) is 23.7 Å². The number of rotatable bonds is 5. The van der Waals surface area contributed by atoms with E-state index < -0.39 is 88.1 Å². The van der Waals surface area contributed by atoms with E-state index in [0.29, 0.717) is 24.8 Å². The highest BCUT2D eigenvalue weighted by atomic mass is 16.7. The molecule has 0 radical (unpaired) electrons. The number of anilines is 2. The Bertz CT molecular complexity index is 2900. The van der Waals surface area contributed by atoms with Crippen LogP contribution in [-0.4, -0.2) is 112 Å². The maximum atomic E-state index is 14.9. The van der Waals surface area contributed by atoms with Crippen LogP contribution in [0.15, 0.2) is 62.3 Å². The summed E-state index contributed by atoms with van der Waals surface area (Å²) in [5, 5.41) is 49.3. The van der Waals surface area contributed by atoms with Crippen molar-refractivity contribution in [3.63, 3.8) is 0 Å². The summed E-state index contributed by atoms with van der Waals surface area (Å²) in [4.78, 5) is 64.7. The first-order chi connectivity index (χ1) is 32.1. The van der Waals surface area contributed by atoms with Crippen LogP contribution in [0.2, 0.25) is 0 Å². The van der Waals surface area contributed by atoms with Crippen molar-refractivity contribution in [2.75, 3.05) is 43.5 Å². The van der Waals surface area contributed by atoms with Gasteiger partial charge in [0.1, 0.15) is 28.8 Å². The smallest absolute Gasteiger partial charge is 0.307 e. The number of benzene rings is 3. The van der Waals surface area contributed by atoms with Gasteiger partial charge in [-0.05, 0) is 33.3 Å². The number of ether oxygens (including phenoxy) is 4. The number of nitrogens with zero attached hydrogens (tertiary/aromatic N) is 3. The second-order valence-electron chi connectivity index (χ2n) is 18.8. The quantitative estimate of drug-likeness (QED) is 0.0948. The number of aromatic nitrogens is 1. The zero-order valence-corrected chi connectivity index (χ0v) is 40.6. The lowest BCUT2D eigenvalue weighted by molar-refractivity contribution is -0.160. The van der Waals surface area contributed by atoms with Gasteiger partial charge >= 0.3 is 11.8 Å². The highest BCUT2D eigenvalue weighted by Gasteiger charge is 2.44. The van der Waals surface area contributed by atoms with Crippen LogP contribution in [0.4, 0.5) is 11.4 Å². The molecule has 4 heterocycles. The van der Waals surface area contributed by atoms with Crippen LogP contribution in [-0.2, 0) is 23.8 Å². The number of methoxy groups -OCH3 is 1. The number of hydrogen-bond acceptors (Lipinski definition) is 16. The van der Waals surface area contributed by atoms with Crippen molar-refractivity contribution < 1.29 is 53.4 Å². The molecule has 1 saturated heterocycles. The van der Waals surface area contributed by atoms with Gasteiger partial charge in [-0.2, -0.15) is 0 Å². The number of amides is 1. The number of piperazine rings is 1. The summed E-state index contributed by atoms with van der Waals surface area (Å²) in [6.45, 7) is 19.8. The summed E-state index contributed by atoms with van der Waals surface area (Å²) in [5.74, 6) is -6.93.